The van der Waals surface area contributed by atoms with E-state index in [9.17, 15) is 0 Å². The monoisotopic (exact) mass is 444 g/mol. The Morgan fingerprint density at radius 1 is 0.905 bits per heavy atom. The van der Waals surface area contributed by atoms with Crippen LogP contribution in [0.2, 0.25) is 0 Å². The normalized spacial score (nSPS) is 26.6. The Bertz CT molecular complexity index is 700. The zero-order valence-electron chi connectivity index (χ0n) is 14.0. The minimum absolute atomic E-state index is 0.283. The van der Waals surface area contributed by atoms with Gasteiger partial charge in [0, 0.05) is 0 Å². The van der Waals surface area contributed by atoms with E-state index in [-0.39, 0.29) is 5.41 Å². The fourth-order valence-electron chi connectivity index (χ4n) is 3.67. The predicted octanol–water partition coefficient (Wildman–Crippen LogP) is 5.66. The van der Waals surface area contributed by atoms with Crippen LogP contribution in [0.4, 0.5) is 0 Å². The molecular formula is C20H24Hf. The van der Waals surface area contributed by atoms with Gasteiger partial charge in [-0.25, -0.2) is 0 Å². The maximum absolute atomic E-state index is 2.49. The van der Waals surface area contributed by atoms with Gasteiger partial charge in [-0.05, 0) is 0 Å². The molecule has 0 saturated carbocycles. The molecule has 1 unspecified atom stereocenters. The summed E-state index contributed by atoms with van der Waals surface area (Å²) in [5, 5.41) is 0. The standard InChI is InChI=1S/C10H9.C10H15.Hf/c1-8-6-7-9-4-2-3-5-10(8)9;1-7-6-10(4,5)9(3)8(7)2;/h2-7H,1H3;1-5H3;. The van der Waals surface area contributed by atoms with E-state index in [4.69, 9.17) is 0 Å². The third-order valence-corrected chi connectivity index (χ3v) is 13.5. The van der Waals surface area contributed by atoms with E-state index in [2.05, 4.69) is 78.0 Å². The fraction of sp³-hybridized carbons (Fsp3) is 0.400. The van der Waals surface area contributed by atoms with Crippen LogP contribution in [0.15, 0.2) is 50.4 Å². The SMILES string of the molecule is CC1=C(C)C(C)(C)[C]([Hf][C]2(C)C=Cc3ccccc32)=C1C. The van der Waals surface area contributed by atoms with Crippen molar-refractivity contribution in [1.29, 1.82) is 0 Å². The summed E-state index contributed by atoms with van der Waals surface area (Å²) < 4.78 is 2.14. The van der Waals surface area contributed by atoms with Crippen LogP contribution in [0.25, 0.3) is 6.08 Å². The third kappa shape index (κ3) is 2.20. The summed E-state index contributed by atoms with van der Waals surface area (Å²) in [4.78, 5) is 0. The average molecular weight is 443 g/mol. The molecule has 21 heavy (non-hydrogen) atoms. The molecule has 0 spiro atoms. The quantitative estimate of drug-likeness (QED) is 0.518. The molecule has 0 radical (unpaired) electrons. The molecule has 2 aliphatic rings. The van der Waals surface area contributed by atoms with E-state index in [0.29, 0.717) is 3.17 Å². The van der Waals surface area contributed by atoms with Gasteiger partial charge >= 0.3 is 141 Å². The van der Waals surface area contributed by atoms with Crippen molar-refractivity contribution in [1.82, 2.24) is 0 Å². The van der Waals surface area contributed by atoms with E-state index in [1.165, 1.54) is 5.56 Å². The van der Waals surface area contributed by atoms with Crippen LogP contribution < -0.4 is 0 Å². The molecule has 0 aliphatic heterocycles. The van der Waals surface area contributed by atoms with Crippen molar-refractivity contribution in [3.05, 3.63) is 61.5 Å². The summed E-state index contributed by atoms with van der Waals surface area (Å²) in [7, 11) is 0. The van der Waals surface area contributed by atoms with E-state index in [0.717, 1.165) is 0 Å². The van der Waals surface area contributed by atoms with Crippen LogP contribution in [0.3, 0.4) is 0 Å². The fourth-order valence-corrected chi connectivity index (χ4v) is 10.6. The predicted molar refractivity (Wildman–Crippen MR) is 87.7 cm³/mol. The number of hydrogen-bond acceptors (Lipinski definition) is 0. The summed E-state index contributed by atoms with van der Waals surface area (Å²) in [6.45, 7) is 14.3. The van der Waals surface area contributed by atoms with Gasteiger partial charge in [0.25, 0.3) is 0 Å². The number of benzene rings is 1. The molecule has 3 rings (SSSR count). The zero-order chi connectivity index (χ0) is 15.4. The molecule has 1 aromatic rings. The molecule has 0 nitrogen and oxygen atoms in total. The first kappa shape index (κ1) is 15.2. The molecule has 0 amide bonds. The second-order valence-corrected chi connectivity index (χ2v) is 13.5. The van der Waals surface area contributed by atoms with Crippen LogP contribution in [0.1, 0.15) is 52.7 Å². The van der Waals surface area contributed by atoms with Crippen LogP contribution >= 0.6 is 0 Å². The molecule has 1 atom stereocenters. The van der Waals surface area contributed by atoms with Gasteiger partial charge in [-0.2, -0.15) is 0 Å². The Morgan fingerprint density at radius 3 is 2.19 bits per heavy atom. The Hall–Kier alpha value is -0.690. The van der Waals surface area contributed by atoms with Gasteiger partial charge in [-0.1, -0.05) is 0 Å². The Kier molecular flexibility index (Phi) is 3.56. The number of rotatable bonds is 2. The second kappa shape index (κ2) is 4.91. The zero-order valence-corrected chi connectivity index (χ0v) is 17.6. The first-order chi connectivity index (χ1) is 9.77. The van der Waals surface area contributed by atoms with Gasteiger partial charge in [0.2, 0.25) is 0 Å². The molecule has 0 aromatic heterocycles. The van der Waals surface area contributed by atoms with Gasteiger partial charge in [0.05, 0.1) is 0 Å². The van der Waals surface area contributed by atoms with Crippen molar-refractivity contribution < 1.29 is 22.9 Å². The van der Waals surface area contributed by atoms with E-state index < -0.39 is 22.9 Å². The van der Waals surface area contributed by atoms with Crippen molar-refractivity contribution in [3.8, 4) is 0 Å². The van der Waals surface area contributed by atoms with Gasteiger partial charge < -0.3 is 0 Å². The summed E-state index contributed by atoms with van der Waals surface area (Å²) >= 11 is -1.01. The molecule has 0 heterocycles. The number of fused-ring (bicyclic) bond motifs is 1. The van der Waals surface area contributed by atoms with Crippen molar-refractivity contribution >= 4 is 6.08 Å². The first-order valence-corrected chi connectivity index (χ1v) is 11.3. The molecule has 108 valence electrons. The van der Waals surface area contributed by atoms with E-state index in [1.807, 2.05) is 0 Å². The third-order valence-electron chi connectivity index (χ3n) is 5.56. The summed E-state index contributed by atoms with van der Waals surface area (Å²) in [5.41, 5.74) is 8.00. The first-order valence-electron chi connectivity index (χ1n) is 7.74. The van der Waals surface area contributed by atoms with Crippen LogP contribution in [-0.2, 0) is 26.1 Å². The minimum atomic E-state index is -1.01. The Morgan fingerprint density at radius 2 is 1.57 bits per heavy atom. The van der Waals surface area contributed by atoms with Crippen LogP contribution in [0, 0.1) is 5.41 Å². The van der Waals surface area contributed by atoms with E-state index in [1.54, 1.807) is 25.6 Å². The number of hydrogen-bond donors (Lipinski definition) is 0. The van der Waals surface area contributed by atoms with Crippen molar-refractivity contribution in [2.24, 2.45) is 5.41 Å². The molecule has 1 aromatic carbocycles. The Labute approximate surface area is 140 Å². The average Bonchev–Trinajstić information content (AvgIpc) is 2.86. The van der Waals surface area contributed by atoms with Crippen LogP contribution in [-0.4, -0.2) is 0 Å². The molecule has 1 heteroatoms. The second-order valence-electron chi connectivity index (χ2n) is 7.12. The topological polar surface area (TPSA) is 0 Å². The summed E-state index contributed by atoms with van der Waals surface area (Å²) in [6.07, 6.45) is 4.83. The van der Waals surface area contributed by atoms with Crippen molar-refractivity contribution in [2.75, 3.05) is 0 Å². The molecule has 0 fully saturated rings. The molecule has 0 bridgehead atoms. The molecule has 2 aliphatic carbocycles. The van der Waals surface area contributed by atoms with Gasteiger partial charge in [-0.15, -0.1) is 0 Å². The van der Waals surface area contributed by atoms with Crippen molar-refractivity contribution in [2.45, 2.75) is 44.7 Å². The maximum atomic E-state index is 2.49. The van der Waals surface area contributed by atoms with Gasteiger partial charge in [0.15, 0.2) is 0 Å². The van der Waals surface area contributed by atoms with E-state index >= 15 is 0 Å². The number of allylic oxidation sites excluding steroid dienone is 5. The Balaban J connectivity index is 2.02. The molecule has 0 saturated heterocycles. The molecular weight excluding hydrogens is 419 g/mol. The van der Waals surface area contributed by atoms with Gasteiger partial charge in [-0.3, -0.25) is 0 Å². The van der Waals surface area contributed by atoms with Crippen LogP contribution in [0.5, 0.6) is 0 Å². The summed E-state index contributed by atoms with van der Waals surface area (Å²) in [5.74, 6) is 0. The molecule has 0 N–H and O–H groups in total. The van der Waals surface area contributed by atoms with Crippen molar-refractivity contribution in [3.63, 3.8) is 0 Å². The summed E-state index contributed by atoms with van der Waals surface area (Å²) in [6, 6.07) is 8.95. The van der Waals surface area contributed by atoms with Gasteiger partial charge in [0.1, 0.15) is 0 Å².